The maximum atomic E-state index is 12.0. The summed E-state index contributed by atoms with van der Waals surface area (Å²) in [7, 11) is 1.59. The summed E-state index contributed by atoms with van der Waals surface area (Å²) in [6, 6.07) is 15.0. The van der Waals surface area contributed by atoms with Crippen molar-refractivity contribution in [2.45, 2.75) is 13.0 Å². The van der Waals surface area contributed by atoms with Crippen LogP contribution in [0.15, 0.2) is 54.1 Å². The molecule has 1 amide bonds. The molecule has 1 N–H and O–H groups in total. The Hall–Kier alpha value is -3.70. The second kappa shape index (κ2) is 11.2. The average molecular weight is 395 g/mol. The Bertz CT molecular complexity index is 899. The minimum Gasteiger partial charge on any atom is -0.489 e. The minimum absolute atomic E-state index is 0.0157. The topological polar surface area (TPSA) is 114 Å². The zero-order valence-electron chi connectivity index (χ0n) is 16.0. The Kier molecular flexibility index (Phi) is 8.35. The SMILES string of the molecule is COCCCNC(=O)/C(C#N)=C/c1ccc(OCc2ccc([N+](=O)[O-])cc2)cc1. The van der Waals surface area contributed by atoms with Crippen LogP contribution in [0.5, 0.6) is 5.75 Å². The number of nitro groups is 1. The van der Waals surface area contributed by atoms with Crippen LogP contribution in [0.3, 0.4) is 0 Å². The Morgan fingerprint density at radius 1 is 1.21 bits per heavy atom. The molecule has 2 aromatic rings. The molecule has 0 saturated carbocycles. The number of nitro benzene ring substituents is 1. The number of rotatable bonds is 10. The van der Waals surface area contributed by atoms with Crippen LogP contribution < -0.4 is 10.1 Å². The molecule has 0 radical (unpaired) electrons. The first-order valence-corrected chi connectivity index (χ1v) is 8.88. The van der Waals surface area contributed by atoms with Crippen molar-refractivity contribution in [2.75, 3.05) is 20.3 Å². The highest BCUT2D eigenvalue weighted by Gasteiger charge is 2.08. The molecule has 8 heteroatoms. The quantitative estimate of drug-likeness (QED) is 0.217. The maximum absolute atomic E-state index is 12.0. The van der Waals surface area contributed by atoms with Crippen LogP contribution in [0.1, 0.15) is 17.5 Å². The second-order valence-corrected chi connectivity index (χ2v) is 6.05. The van der Waals surface area contributed by atoms with E-state index in [2.05, 4.69) is 5.32 Å². The zero-order chi connectivity index (χ0) is 21.1. The Balaban J connectivity index is 1.92. The Morgan fingerprint density at radius 3 is 2.48 bits per heavy atom. The van der Waals surface area contributed by atoms with Crippen LogP contribution in [-0.4, -0.2) is 31.1 Å². The van der Waals surface area contributed by atoms with Crippen LogP contribution >= 0.6 is 0 Å². The highest BCUT2D eigenvalue weighted by molar-refractivity contribution is 6.01. The van der Waals surface area contributed by atoms with Gasteiger partial charge in [-0.1, -0.05) is 12.1 Å². The summed E-state index contributed by atoms with van der Waals surface area (Å²) in [4.78, 5) is 22.2. The molecule has 0 fully saturated rings. The number of hydrogen-bond donors (Lipinski definition) is 1. The van der Waals surface area contributed by atoms with E-state index in [9.17, 15) is 20.2 Å². The van der Waals surface area contributed by atoms with Crippen molar-refractivity contribution in [3.8, 4) is 11.8 Å². The van der Waals surface area contributed by atoms with E-state index in [1.807, 2.05) is 6.07 Å². The highest BCUT2D eigenvalue weighted by Crippen LogP contribution is 2.17. The lowest BCUT2D eigenvalue weighted by molar-refractivity contribution is -0.384. The van der Waals surface area contributed by atoms with Crippen LogP contribution in [0.25, 0.3) is 6.08 Å². The molecule has 0 aliphatic rings. The number of carbonyl (C=O) groups is 1. The first-order chi connectivity index (χ1) is 14.0. The smallest absolute Gasteiger partial charge is 0.269 e. The highest BCUT2D eigenvalue weighted by atomic mass is 16.6. The van der Waals surface area contributed by atoms with Gasteiger partial charge in [0, 0.05) is 32.4 Å². The standard InChI is InChI=1S/C21H21N3O5/c1-28-12-2-11-23-21(25)18(14-22)13-16-5-9-20(10-6-16)29-15-17-3-7-19(8-4-17)24(26)27/h3-10,13H,2,11-12,15H2,1H3,(H,23,25)/b18-13+. The van der Waals surface area contributed by atoms with E-state index >= 15 is 0 Å². The number of carbonyl (C=O) groups excluding carboxylic acids is 1. The van der Waals surface area contributed by atoms with Gasteiger partial charge in [0.25, 0.3) is 11.6 Å². The third kappa shape index (κ3) is 7.08. The van der Waals surface area contributed by atoms with Gasteiger partial charge in [0.15, 0.2) is 0 Å². The molecule has 2 aromatic carbocycles. The molecule has 0 saturated heterocycles. The van der Waals surface area contributed by atoms with Gasteiger partial charge in [-0.15, -0.1) is 0 Å². The molecular formula is C21H21N3O5. The second-order valence-electron chi connectivity index (χ2n) is 6.05. The van der Waals surface area contributed by atoms with Crippen molar-refractivity contribution >= 4 is 17.7 Å². The Labute approximate surface area is 168 Å². The molecule has 0 aromatic heterocycles. The summed E-state index contributed by atoms with van der Waals surface area (Å²) < 4.78 is 10.6. The van der Waals surface area contributed by atoms with Crippen molar-refractivity contribution in [1.82, 2.24) is 5.32 Å². The molecule has 29 heavy (non-hydrogen) atoms. The molecule has 0 aliphatic carbocycles. The third-order valence-corrected chi connectivity index (χ3v) is 3.92. The predicted octanol–water partition coefficient (Wildman–Crippen LogP) is 3.23. The van der Waals surface area contributed by atoms with Crippen molar-refractivity contribution in [2.24, 2.45) is 0 Å². The van der Waals surface area contributed by atoms with Crippen LogP contribution in [0.2, 0.25) is 0 Å². The molecule has 0 heterocycles. The largest absolute Gasteiger partial charge is 0.489 e. The third-order valence-electron chi connectivity index (χ3n) is 3.92. The minimum atomic E-state index is -0.452. The van der Waals surface area contributed by atoms with Crippen LogP contribution in [0, 0.1) is 21.4 Å². The van der Waals surface area contributed by atoms with Crippen LogP contribution in [0.4, 0.5) is 5.69 Å². The van der Waals surface area contributed by atoms with Crippen molar-refractivity contribution in [3.63, 3.8) is 0 Å². The van der Waals surface area contributed by atoms with Crippen molar-refractivity contribution < 1.29 is 19.2 Å². The van der Waals surface area contributed by atoms with Gasteiger partial charge in [-0.25, -0.2) is 0 Å². The number of nitriles is 1. The fourth-order valence-corrected chi connectivity index (χ4v) is 2.37. The van der Waals surface area contributed by atoms with Gasteiger partial charge >= 0.3 is 0 Å². The normalized spacial score (nSPS) is 10.8. The van der Waals surface area contributed by atoms with Gasteiger partial charge in [0.1, 0.15) is 24.0 Å². The Morgan fingerprint density at radius 2 is 1.90 bits per heavy atom. The summed E-state index contributed by atoms with van der Waals surface area (Å²) in [5.74, 6) is 0.171. The monoisotopic (exact) mass is 395 g/mol. The number of benzene rings is 2. The van der Waals surface area contributed by atoms with Crippen molar-refractivity contribution in [1.29, 1.82) is 5.26 Å². The zero-order valence-corrected chi connectivity index (χ0v) is 16.0. The predicted molar refractivity (Wildman–Crippen MR) is 107 cm³/mol. The number of hydrogen-bond acceptors (Lipinski definition) is 6. The molecule has 0 bridgehead atoms. The summed E-state index contributed by atoms with van der Waals surface area (Å²) in [5.41, 5.74) is 1.54. The molecular weight excluding hydrogens is 374 g/mol. The first kappa shape index (κ1) is 21.6. The first-order valence-electron chi connectivity index (χ1n) is 8.88. The summed E-state index contributed by atoms with van der Waals surface area (Å²) in [6.45, 7) is 1.23. The molecule has 0 atom stereocenters. The lowest BCUT2D eigenvalue weighted by atomic mass is 10.1. The molecule has 0 spiro atoms. The molecule has 2 rings (SSSR count). The number of non-ortho nitro benzene ring substituents is 1. The van der Waals surface area contributed by atoms with E-state index in [1.54, 1.807) is 43.5 Å². The molecule has 8 nitrogen and oxygen atoms in total. The van der Waals surface area contributed by atoms with E-state index in [1.165, 1.54) is 18.2 Å². The van der Waals surface area contributed by atoms with Gasteiger partial charge < -0.3 is 14.8 Å². The number of nitrogens with zero attached hydrogens (tertiary/aromatic N) is 2. The summed E-state index contributed by atoms with van der Waals surface area (Å²) >= 11 is 0. The fourth-order valence-electron chi connectivity index (χ4n) is 2.37. The van der Waals surface area contributed by atoms with E-state index in [-0.39, 0.29) is 17.9 Å². The van der Waals surface area contributed by atoms with E-state index in [0.717, 1.165) is 5.56 Å². The molecule has 0 aliphatic heterocycles. The lowest BCUT2D eigenvalue weighted by Gasteiger charge is -2.07. The summed E-state index contributed by atoms with van der Waals surface area (Å²) in [6.07, 6.45) is 2.17. The van der Waals surface area contributed by atoms with Crippen molar-refractivity contribution in [3.05, 3.63) is 75.3 Å². The lowest BCUT2D eigenvalue weighted by Crippen LogP contribution is -2.26. The molecule has 150 valence electrons. The average Bonchev–Trinajstić information content (AvgIpc) is 2.74. The van der Waals surface area contributed by atoms with Gasteiger partial charge in [0.05, 0.1) is 4.92 Å². The maximum Gasteiger partial charge on any atom is 0.269 e. The summed E-state index contributed by atoms with van der Waals surface area (Å²) in [5, 5.41) is 22.5. The van der Waals surface area contributed by atoms with Crippen LogP contribution in [-0.2, 0) is 16.1 Å². The van der Waals surface area contributed by atoms with Gasteiger partial charge in [-0.3, -0.25) is 14.9 Å². The number of nitrogens with one attached hydrogen (secondary N) is 1. The van der Waals surface area contributed by atoms with E-state index in [4.69, 9.17) is 9.47 Å². The van der Waals surface area contributed by atoms with E-state index in [0.29, 0.717) is 30.9 Å². The number of ether oxygens (including phenoxy) is 2. The molecule has 0 unspecified atom stereocenters. The van der Waals surface area contributed by atoms with Gasteiger partial charge in [0.2, 0.25) is 0 Å². The fraction of sp³-hybridized carbons (Fsp3) is 0.238. The van der Waals surface area contributed by atoms with Gasteiger partial charge in [-0.05, 0) is 47.9 Å². The van der Waals surface area contributed by atoms with E-state index < -0.39 is 10.8 Å². The number of amides is 1. The number of methoxy groups -OCH3 is 1. The van der Waals surface area contributed by atoms with Gasteiger partial charge in [-0.2, -0.15) is 5.26 Å².